The largest absolute Gasteiger partial charge is 0.293 e. The van der Waals surface area contributed by atoms with Gasteiger partial charge >= 0.3 is 0 Å². The van der Waals surface area contributed by atoms with Gasteiger partial charge in [-0.3, -0.25) is 9.78 Å². The van der Waals surface area contributed by atoms with E-state index in [0.29, 0.717) is 5.56 Å². The number of carbonyl (C=O) groups excluding carboxylic acids is 1. The van der Waals surface area contributed by atoms with Gasteiger partial charge in [0.2, 0.25) is 0 Å². The van der Waals surface area contributed by atoms with Crippen LogP contribution < -0.4 is 0 Å². The Labute approximate surface area is 98.7 Å². The third kappa shape index (κ3) is 2.28. The molecule has 2 nitrogen and oxygen atoms in total. The van der Waals surface area contributed by atoms with Crippen LogP contribution in [0.1, 0.15) is 10.4 Å². The first-order valence-electron chi connectivity index (χ1n) is 4.26. The molecule has 2 rings (SSSR count). The molecule has 1 aromatic heterocycles. The van der Waals surface area contributed by atoms with Gasteiger partial charge in [-0.1, -0.05) is 18.2 Å². The van der Waals surface area contributed by atoms with Crippen LogP contribution in [0.25, 0.3) is 10.9 Å². The van der Waals surface area contributed by atoms with Crippen molar-refractivity contribution < 1.29 is 4.79 Å². The lowest BCUT2D eigenvalue weighted by Crippen LogP contribution is -2.01. The van der Waals surface area contributed by atoms with Gasteiger partial charge < -0.3 is 0 Å². The molecule has 0 unspecified atom stereocenters. The van der Waals surface area contributed by atoms with E-state index in [-0.39, 0.29) is 24.1 Å². The molecule has 0 amide bonds. The predicted molar refractivity (Wildman–Crippen MR) is 64.0 cm³/mol. The standard InChI is InChI=1S/C11H8ClNO.ClH/c12-7-11(14)9-3-1-5-10-8(9)4-2-6-13-10;/h1-6H,7H2;1H. The number of hydrogen-bond donors (Lipinski definition) is 0. The Morgan fingerprint density at radius 3 is 2.80 bits per heavy atom. The fraction of sp³-hybridized carbons (Fsp3) is 0.0909. The van der Waals surface area contributed by atoms with E-state index < -0.39 is 0 Å². The zero-order valence-electron chi connectivity index (χ0n) is 7.81. The van der Waals surface area contributed by atoms with Crippen LogP contribution in [0.4, 0.5) is 0 Å². The maximum absolute atomic E-state index is 11.5. The number of Topliss-reactive ketones (excluding diaryl/α,β-unsaturated/α-hetero) is 1. The third-order valence-corrected chi connectivity index (χ3v) is 2.31. The van der Waals surface area contributed by atoms with Crippen LogP contribution in [0.15, 0.2) is 36.5 Å². The van der Waals surface area contributed by atoms with Gasteiger partial charge in [-0.2, -0.15) is 0 Å². The quantitative estimate of drug-likeness (QED) is 0.598. The molecule has 0 aliphatic carbocycles. The number of hydrogen-bond acceptors (Lipinski definition) is 2. The van der Waals surface area contributed by atoms with Crippen LogP contribution in [0.3, 0.4) is 0 Å². The van der Waals surface area contributed by atoms with Gasteiger partial charge in [0.25, 0.3) is 0 Å². The lowest BCUT2D eigenvalue weighted by Gasteiger charge is -2.01. The van der Waals surface area contributed by atoms with Crippen molar-refractivity contribution in [3.63, 3.8) is 0 Å². The van der Waals surface area contributed by atoms with Crippen LogP contribution in [0.5, 0.6) is 0 Å². The molecule has 0 N–H and O–H groups in total. The summed E-state index contributed by atoms with van der Waals surface area (Å²) in [5, 5.41) is 0.862. The van der Waals surface area contributed by atoms with E-state index >= 15 is 0 Å². The van der Waals surface area contributed by atoms with Crippen molar-refractivity contribution in [2.24, 2.45) is 0 Å². The SMILES string of the molecule is Cl.O=C(CCl)c1cccc2ncccc12. The lowest BCUT2D eigenvalue weighted by atomic mass is 10.1. The molecule has 0 aliphatic heterocycles. The molecule has 78 valence electrons. The van der Waals surface area contributed by atoms with E-state index in [1.807, 2.05) is 24.3 Å². The van der Waals surface area contributed by atoms with Gasteiger partial charge in [0.15, 0.2) is 5.78 Å². The summed E-state index contributed by atoms with van der Waals surface area (Å²) >= 11 is 5.52. The van der Waals surface area contributed by atoms with E-state index in [2.05, 4.69) is 4.98 Å². The normalized spacial score (nSPS) is 9.67. The van der Waals surface area contributed by atoms with Crippen LogP contribution in [0.2, 0.25) is 0 Å². The molecular weight excluding hydrogens is 233 g/mol. The second kappa shape index (κ2) is 5.10. The summed E-state index contributed by atoms with van der Waals surface area (Å²) in [7, 11) is 0. The first-order valence-corrected chi connectivity index (χ1v) is 4.79. The highest BCUT2D eigenvalue weighted by atomic mass is 35.5. The van der Waals surface area contributed by atoms with Gasteiger partial charge in [-0.05, 0) is 12.1 Å². The number of ketones is 1. The molecule has 15 heavy (non-hydrogen) atoms. The zero-order chi connectivity index (χ0) is 9.97. The van der Waals surface area contributed by atoms with Crippen molar-refractivity contribution >= 4 is 40.7 Å². The summed E-state index contributed by atoms with van der Waals surface area (Å²) in [6.07, 6.45) is 1.71. The molecule has 0 radical (unpaired) electrons. The van der Waals surface area contributed by atoms with Gasteiger partial charge in [0.05, 0.1) is 11.4 Å². The summed E-state index contributed by atoms with van der Waals surface area (Å²) < 4.78 is 0. The van der Waals surface area contributed by atoms with Gasteiger partial charge in [-0.25, -0.2) is 0 Å². The summed E-state index contributed by atoms with van der Waals surface area (Å²) in [6.45, 7) is 0. The Balaban J connectivity index is 0.00000112. The molecule has 0 saturated carbocycles. The summed E-state index contributed by atoms with van der Waals surface area (Å²) in [5.41, 5.74) is 1.47. The van der Waals surface area contributed by atoms with Crippen LogP contribution in [-0.4, -0.2) is 16.6 Å². The Hall–Kier alpha value is -1.12. The number of carbonyl (C=O) groups is 1. The minimum Gasteiger partial charge on any atom is -0.293 e. The Morgan fingerprint density at radius 1 is 1.27 bits per heavy atom. The predicted octanol–water partition coefficient (Wildman–Crippen LogP) is 3.08. The molecule has 0 aliphatic rings. The van der Waals surface area contributed by atoms with Crippen molar-refractivity contribution in [3.8, 4) is 0 Å². The average molecular weight is 242 g/mol. The fourth-order valence-electron chi connectivity index (χ4n) is 1.42. The van der Waals surface area contributed by atoms with Gasteiger partial charge in [-0.15, -0.1) is 24.0 Å². The number of alkyl halides is 1. The average Bonchev–Trinajstić information content (AvgIpc) is 2.27. The van der Waals surface area contributed by atoms with E-state index in [0.717, 1.165) is 10.9 Å². The van der Waals surface area contributed by atoms with E-state index in [1.54, 1.807) is 12.3 Å². The van der Waals surface area contributed by atoms with Crippen molar-refractivity contribution in [1.82, 2.24) is 4.98 Å². The van der Waals surface area contributed by atoms with Crippen LogP contribution >= 0.6 is 24.0 Å². The van der Waals surface area contributed by atoms with Gasteiger partial charge in [0, 0.05) is 17.1 Å². The van der Waals surface area contributed by atoms with Crippen molar-refractivity contribution in [1.29, 1.82) is 0 Å². The number of nitrogens with zero attached hydrogens (tertiary/aromatic N) is 1. The minimum atomic E-state index is -0.0646. The number of halogens is 2. The Morgan fingerprint density at radius 2 is 2.07 bits per heavy atom. The topological polar surface area (TPSA) is 30.0 Å². The lowest BCUT2D eigenvalue weighted by molar-refractivity contribution is 0.102. The number of pyridine rings is 1. The zero-order valence-corrected chi connectivity index (χ0v) is 9.39. The number of fused-ring (bicyclic) bond motifs is 1. The molecule has 0 spiro atoms. The first-order chi connectivity index (χ1) is 6.83. The minimum absolute atomic E-state index is 0. The fourth-order valence-corrected chi connectivity index (χ4v) is 1.56. The molecule has 0 bridgehead atoms. The van der Waals surface area contributed by atoms with Gasteiger partial charge in [0.1, 0.15) is 0 Å². The number of aromatic nitrogens is 1. The molecule has 4 heteroatoms. The highest BCUT2D eigenvalue weighted by molar-refractivity contribution is 6.31. The maximum Gasteiger partial charge on any atom is 0.178 e. The molecule has 1 aromatic carbocycles. The van der Waals surface area contributed by atoms with Crippen LogP contribution in [0, 0.1) is 0 Å². The summed E-state index contributed by atoms with van der Waals surface area (Å²) in [4.78, 5) is 15.6. The molecule has 2 aromatic rings. The van der Waals surface area contributed by atoms with Crippen molar-refractivity contribution in [2.45, 2.75) is 0 Å². The number of rotatable bonds is 2. The van der Waals surface area contributed by atoms with E-state index in [9.17, 15) is 4.79 Å². The Kier molecular flexibility index (Phi) is 4.06. The van der Waals surface area contributed by atoms with Crippen LogP contribution in [-0.2, 0) is 0 Å². The first kappa shape index (κ1) is 12.0. The number of benzene rings is 1. The molecule has 1 heterocycles. The highest BCUT2D eigenvalue weighted by Gasteiger charge is 2.07. The molecule has 0 atom stereocenters. The van der Waals surface area contributed by atoms with Crippen molar-refractivity contribution in [3.05, 3.63) is 42.1 Å². The Bertz CT molecular complexity index is 479. The summed E-state index contributed by atoms with van der Waals surface area (Å²) in [5.74, 6) is -0.0566. The molecular formula is C11H9Cl2NO. The molecule has 0 saturated heterocycles. The molecule has 0 fully saturated rings. The monoisotopic (exact) mass is 241 g/mol. The van der Waals surface area contributed by atoms with E-state index in [1.165, 1.54) is 0 Å². The summed E-state index contributed by atoms with van der Waals surface area (Å²) in [6, 6.07) is 9.15. The highest BCUT2D eigenvalue weighted by Crippen LogP contribution is 2.17. The maximum atomic E-state index is 11.5. The van der Waals surface area contributed by atoms with E-state index in [4.69, 9.17) is 11.6 Å². The third-order valence-electron chi connectivity index (χ3n) is 2.07. The second-order valence-electron chi connectivity index (χ2n) is 2.93. The van der Waals surface area contributed by atoms with Crippen molar-refractivity contribution in [2.75, 3.05) is 5.88 Å². The second-order valence-corrected chi connectivity index (χ2v) is 3.20. The smallest absolute Gasteiger partial charge is 0.178 e.